The molecular formula is C13H17BrN2O3. The fourth-order valence-corrected chi connectivity index (χ4v) is 1.91. The van der Waals surface area contributed by atoms with Gasteiger partial charge in [-0.05, 0) is 55.1 Å². The highest BCUT2D eigenvalue weighted by Crippen LogP contribution is 2.24. The first kappa shape index (κ1) is 15.7. The molecule has 1 amide bonds. The van der Waals surface area contributed by atoms with Crippen molar-refractivity contribution in [3.8, 4) is 0 Å². The van der Waals surface area contributed by atoms with Crippen LogP contribution in [0.1, 0.15) is 17.3 Å². The number of likely N-dealkylation sites (N-methyl/N-ethyl adjacent to an activating group) is 1. The van der Waals surface area contributed by atoms with Crippen LogP contribution < -0.4 is 5.32 Å². The first-order chi connectivity index (χ1) is 8.93. The summed E-state index contributed by atoms with van der Waals surface area (Å²) in [5.41, 5.74) is 1.07. The van der Waals surface area contributed by atoms with E-state index in [1.807, 2.05) is 14.1 Å². The van der Waals surface area contributed by atoms with E-state index >= 15 is 0 Å². The molecule has 5 nitrogen and oxygen atoms in total. The summed E-state index contributed by atoms with van der Waals surface area (Å²) in [4.78, 5) is 24.9. The van der Waals surface area contributed by atoms with Crippen molar-refractivity contribution in [2.45, 2.75) is 6.92 Å². The van der Waals surface area contributed by atoms with Crippen LogP contribution in [0, 0.1) is 0 Å². The van der Waals surface area contributed by atoms with E-state index in [1.165, 1.54) is 0 Å². The number of nitrogens with zero attached hydrogens (tertiary/aromatic N) is 1. The fourth-order valence-electron chi connectivity index (χ4n) is 1.43. The SMILES string of the molecule is CCOC(=O)c1ccc(NC(=O)CN(C)C)c(Br)c1. The number of hydrogen-bond donors (Lipinski definition) is 1. The molecule has 6 heteroatoms. The third-order valence-electron chi connectivity index (χ3n) is 2.21. The summed E-state index contributed by atoms with van der Waals surface area (Å²) in [7, 11) is 3.64. The van der Waals surface area contributed by atoms with E-state index < -0.39 is 0 Å². The highest BCUT2D eigenvalue weighted by molar-refractivity contribution is 9.10. The second-order valence-corrected chi connectivity index (χ2v) is 5.06. The zero-order valence-electron chi connectivity index (χ0n) is 11.2. The Morgan fingerprint density at radius 1 is 1.37 bits per heavy atom. The molecule has 0 heterocycles. The van der Waals surface area contributed by atoms with Gasteiger partial charge in [0.05, 0.1) is 24.4 Å². The quantitative estimate of drug-likeness (QED) is 0.841. The summed E-state index contributed by atoms with van der Waals surface area (Å²) >= 11 is 3.33. The Morgan fingerprint density at radius 2 is 2.05 bits per heavy atom. The van der Waals surface area contributed by atoms with Gasteiger partial charge in [0.25, 0.3) is 0 Å². The summed E-state index contributed by atoms with van der Waals surface area (Å²) in [6, 6.07) is 4.92. The molecule has 0 saturated carbocycles. The second-order valence-electron chi connectivity index (χ2n) is 4.20. The first-order valence-electron chi connectivity index (χ1n) is 5.85. The van der Waals surface area contributed by atoms with Crippen molar-refractivity contribution in [3.63, 3.8) is 0 Å². The standard InChI is InChI=1S/C13H17BrN2O3/c1-4-19-13(18)9-5-6-11(10(14)7-9)15-12(17)8-16(2)3/h5-7H,4,8H2,1-3H3,(H,15,17). The zero-order chi connectivity index (χ0) is 14.4. The molecule has 0 atom stereocenters. The Balaban J connectivity index is 2.77. The molecule has 0 bridgehead atoms. The van der Waals surface area contributed by atoms with Crippen LogP contribution in [0.3, 0.4) is 0 Å². The monoisotopic (exact) mass is 328 g/mol. The lowest BCUT2D eigenvalue weighted by molar-refractivity contribution is -0.116. The Kier molecular flexibility index (Phi) is 5.98. The number of nitrogens with one attached hydrogen (secondary N) is 1. The van der Waals surface area contributed by atoms with Crippen molar-refractivity contribution < 1.29 is 14.3 Å². The van der Waals surface area contributed by atoms with Crippen LogP contribution in [0.2, 0.25) is 0 Å². The van der Waals surface area contributed by atoms with Gasteiger partial charge in [-0.1, -0.05) is 0 Å². The fraction of sp³-hybridized carbons (Fsp3) is 0.385. The smallest absolute Gasteiger partial charge is 0.338 e. The number of carbonyl (C=O) groups excluding carboxylic acids is 2. The van der Waals surface area contributed by atoms with Gasteiger partial charge in [-0.3, -0.25) is 4.79 Å². The minimum absolute atomic E-state index is 0.116. The number of anilines is 1. The summed E-state index contributed by atoms with van der Waals surface area (Å²) < 4.78 is 5.55. The molecule has 0 aromatic heterocycles. The Morgan fingerprint density at radius 3 is 2.58 bits per heavy atom. The minimum atomic E-state index is -0.380. The highest BCUT2D eigenvalue weighted by atomic mass is 79.9. The molecule has 1 aromatic carbocycles. The van der Waals surface area contributed by atoms with Crippen molar-refractivity contribution in [1.29, 1.82) is 0 Å². The van der Waals surface area contributed by atoms with Gasteiger partial charge in [0.15, 0.2) is 0 Å². The lowest BCUT2D eigenvalue weighted by atomic mass is 10.2. The lowest BCUT2D eigenvalue weighted by Gasteiger charge is -2.12. The number of esters is 1. The van der Waals surface area contributed by atoms with E-state index in [1.54, 1.807) is 30.0 Å². The molecule has 1 aromatic rings. The van der Waals surface area contributed by atoms with Crippen LogP contribution in [0.4, 0.5) is 5.69 Å². The summed E-state index contributed by atoms with van der Waals surface area (Å²) in [6.07, 6.45) is 0. The van der Waals surface area contributed by atoms with E-state index in [2.05, 4.69) is 21.2 Å². The molecule has 1 N–H and O–H groups in total. The van der Waals surface area contributed by atoms with E-state index in [0.29, 0.717) is 28.9 Å². The van der Waals surface area contributed by atoms with Gasteiger partial charge in [-0.2, -0.15) is 0 Å². The van der Waals surface area contributed by atoms with Crippen LogP contribution in [0.25, 0.3) is 0 Å². The number of halogens is 1. The third-order valence-corrected chi connectivity index (χ3v) is 2.87. The maximum atomic E-state index is 11.6. The van der Waals surface area contributed by atoms with Crippen molar-refractivity contribution in [2.24, 2.45) is 0 Å². The van der Waals surface area contributed by atoms with Gasteiger partial charge in [0.2, 0.25) is 5.91 Å². The van der Waals surface area contributed by atoms with E-state index in [0.717, 1.165) is 0 Å². The summed E-state index contributed by atoms with van der Waals surface area (Å²) in [6.45, 7) is 2.38. The number of hydrogen-bond acceptors (Lipinski definition) is 4. The lowest BCUT2D eigenvalue weighted by Crippen LogP contribution is -2.27. The van der Waals surface area contributed by atoms with Crippen LogP contribution >= 0.6 is 15.9 Å². The molecule has 0 aliphatic rings. The number of benzene rings is 1. The molecule has 0 aliphatic carbocycles. The zero-order valence-corrected chi connectivity index (χ0v) is 12.8. The van der Waals surface area contributed by atoms with Crippen LogP contribution in [0.5, 0.6) is 0 Å². The van der Waals surface area contributed by atoms with Crippen molar-refractivity contribution in [2.75, 3.05) is 32.6 Å². The van der Waals surface area contributed by atoms with Gasteiger partial charge in [0, 0.05) is 4.47 Å². The predicted octanol–water partition coefficient (Wildman–Crippen LogP) is 2.13. The average Bonchev–Trinajstić information content (AvgIpc) is 2.31. The third kappa shape index (κ3) is 5.00. The Bertz CT molecular complexity index is 475. The van der Waals surface area contributed by atoms with Crippen molar-refractivity contribution in [3.05, 3.63) is 28.2 Å². The van der Waals surface area contributed by atoms with Gasteiger partial charge < -0.3 is 15.0 Å². The second kappa shape index (κ2) is 7.25. The molecule has 0 radical (unpaired) electrons. The normalized spacial score (nSPS) is 10.4. The van der Waals surface area contributed by atoms with Gasteiger partial charge >= 0.3 is 5.97 Å². The number of rotatable bonds is 5. The number of ether oxygens (including phenoxy) is 1. The largest absolute Gasteiger partial charge is 0.462 e. The maximum absolute atomic E-state index is 11.6. The van der Waals surface area contributed by atoms with Crippen LogP contribution in [-0.2, 0) is 9.53 Å². The molecule has 0 aliphatic heterocycles. The van der Waals surface area contributed by atoms with Crippen LogP contribution in [-0.4, -0.2) is 44.0 Å². The summed E-state index contributed by atoms with van der Waals surface area (Å²) in [5.74, 6) is -0.496. The average molecular weight is 329 g/mol. The molecular weight excluding hydrogens is 312 g/mol. The number of amides is 1. The van der Waals surface area contributed by atoms with Crippen LogP contribution in [0.15, 0.2) is 22.7 Å². The molecule has 104 valence electrons. The first-order valence-corrected chi connectivity index (χ1v) is 6.64. The Labute approximate surface area is 121 Å². The van der Waals surface area contributed by atoms with Gasteiger partial charge in [-0.25, -0.2) is 4.79 Å². The number of carbonyl (C=O) groups is 2. The minimum Gasteiger partial charge on any atom is -0.462 e. The van der Waals surface area contributed by atoms with Gasteiger partial charge in [-0.15, -0.1) is 0 Å². The summed E-state index contributed by atoms with van der Waals surface area (Å²) in [5, 5.41) is 2.76. The molecule has 0 spiro atoms. The highest BCUT2D eigenvalue weighted by Gasteiger charge is 2.11. The van der Waals surface area contributed by atoms with Gasteiger partial charge in [0.1, 0.15) is 0 Å². The van der Waals surface area contributed by atoms with Crippen molar-refractivity contribution >= 4 is 33.5 Å². The molecule has 0 unspecified atom stereocenters. The van der Waals surface area contributed by atoms with E-state index in [9.17, 15) is 9.59 Å². The molecule has 0 saturated heterocycles. The Hall–Kier alpha value is -1.40. The van der Waals surface area contributed by atoms with E-state index in [4.69, 9.17) is 4.74 Å². The molecule has 0 fully saturated rings. The predicted molar refractivity (Wildman–Crippen MR) is 77.3 cm³/mol. The van der Waals surface area contributed by atoms with E-state index in [-0.39, 0.29) is 11.9 Å². The maximum Gasteiger partial charge on any atom is 0.338 e. The molecule has 1 rings (SSSR count). The van der Waals surface area contributed by atoms with Crippen molar-refractivity contribution in [1.82, 2.24) is 4.90 Å². The molecule has 19 heavy (non-hydrogen) atoms. The topological polar surface area (TPSA) is 58.6 Å².